The number of nitrogens with zero attached hydrogens (tertiary/aromatic N) is 4. The fraction of sp³-hybridized carbons (Fsp3) is 0.211. The average Bonchev–Trinajstić information content (AvgIpc) is 3.25. The second kappa shape index (κ2) is 6.39. The summed E-state index contributed by atoms with van der Waals surface area (Å²) in [5.41, 5.74) is 5.85. The summed E-state index contributed by atoms with van der Waals surface area (Å²) in [4.78, 5) is 12.2. The van der Waals surface area contributed by atoms with Crippen LogP contribution >= 0.6 is 0 Å². The van der Waals surface area contributed by atoms with Crippen LogP contribution in [0.5, 0.6) is 5.88 Å². The van der Waals surface area contributed by atoms with Gasteiger partial charge in [-0.05, 0) is 18.1 Å². The van der Waals surface area contributed by atoms with Crippen LogP contribution in [-0.2, 0) is 13.5 Å². The molecule has 1 aromatic carbocycles. The predicted molar refractivity (Wildman–Crippen MR) is 96.5 cm³/mol. The molecule has 0 aliphatic rings. The summed E-state index contributed by atoms with van der Waals surface area (Å²) in [5, 5.41) is 4.32. The van der Waals surface area contributed by atoms with E-state index in [1.54, 1.807) is 11.0 Å². The van der Waals surface area contributed by atoms with Crippen LogP contribution in [0.15, 0.2) is 49.1 Å². The molecule has 25 heavy (non-hydrogen) atoms. The van der Waals surface area contributed by atoms with Crippen molar-refractivity contribution in [2.24, 2.45) is 7.05 Å². The molecular weight excluding hydrogens is 314 g/mol. The Balaban J connectivity index is 1.97. The maximum absolute atomic E-state index is 5.86. The van der Waals surface area contributed by atoms with Gasteiger partial charge in [0.1, 0.15) is 5.52 Å². The monoisotopic (exact) mass is 333 g/mol. The molecule has 0 radical (unpaired) electrons. The molecule has 0 spiro atoms. The van der Waals surface area contributed by atoms with Crippen molar-refractivity contribution in [1.29, 1.82) is 0 Å². The molecule has 0 unspecified atom stereocenters. The molecule has 0 atom stereocenters. The fourth-order valence-corrected chi connectivity index (χ4v) is 3.06. The van der Waals surface area contributed by atoms with Crippen molar-refractivity contribution in [3.63, 3.8) is 0 Å². The number of nitrogens with one attached hydrogen (secondary N) is 1. The molecule has 0 fully saturated rings. The quantitative estimate of drug-likeness (QED) is 0.608. The highest BCUT2D eigenvalue weighted by Gasteiger charge is 2.20. The molecule has 3 aromatic heterocycles. The van der Waals surface area contributed by atoms with Gasteiger partial charge in [0.05, 0.1) is 24.7 Å². The van der Waals surface area contributed by atoms with Gasteiger partial charge in [0.2, 0.25) is 5.88 Å². The average molecular weight is 333 g/mol. The van der Waals surface area contributed by atoms with Gasteiger partial charge in [-0.3, -0.25) is 4.68 Å². The first-order valence-corrected chi connectivity index (χ1v) is 8.28. The minimum absolute atomic E-state index is 0.546. The maximum atomic E-state index is 5.86. The van der Waals surface area contributed by atoms with Crippen LogP contribution in [0.3, 0.4) is 0 Å². The standard InChI is InChI=1S/C19H19N5O/c1-3-25-19-16(14-10-22-24(2)11-14)15(9-13-7-5-4-6-8-13)17-18(23-19)21-12-20-17/h4-8,10-12H,3,9H2,1-2H3,(H,20,21,23). The number of fused-ring (bicyclic) bond motifs is 1. The molecule has 4 aromatic rings. The molecule has 0 saturated heterocycles. The van der Waals surface area contributed by atoms with Gasteiger partial charge < -0.3 is 9.72 Å². The van der Waals surface area contributed by atoms with Gasteiger partial charge in [-0.25, -0.2) is 4.98 Å². The van der Waals surface area contributed by atoms with E-state index in [1.807, 2.05) is 44.6 Å². The summed E-state index contributed by atoms with van der Waals surface area (Å²) in [6.07, 6.45) is 6.24. The normalized spacial score (nSPS) is 11.1. The second-order valence-corrected chi connectivity index (χ2v) is 5.87. The topological polar surface area (TPSA) is 68.6 Å². The van der Waals surface area contributed by atoms with Crippen LogP contribution in [0.25, 0.3) is 22.3 Å². The molecule has 0 bridgehead atoms. The van der Waals surface area contributed by atoms with Crippen molar-refractivity contribution in [2.45, 2.75) is 13.3 Å². The number of pyridine rings is 1. The molecule has 0 amide bonds. The third-order valence-corrected chi connectivity index (χ3v) is 4.13. The van der Waals surface area contributed by atoms with Gasteiger partial charge in [0.15, 0.2) is 5.65 Å². The first-order valence-electron chi connectivity index (χ1n) is 8.28. The Morgan fingerprint density at radius 3 is 2.76 bits per heavy atom. The summed E-state index contributed by atoms with van der Waals surface area (Å²) in [6.45, 7) is 2.51. The number of aryl methyl sites for hydroxylation is 1. The fourth-order valence-electron chi connectivity index (χ4n) is 3.06. The summed E-state index contributed by atoms with van der Waals surface area (Å²) in [6, 6.07) is 10.4. The summed E-state index contributed by atoms with van der Waals surface area (Å²) in [7, 11) is 1.90. The van der Waals surface area contributed by atoms with Crippen molar-refractivity contribution < 1.29 is 4.74 Å². The Kier molecular flexibility index (Phi) is 3.93. The molecule has 1 N–H and O–H groups in total. The van der Waals surface area contributed by atoms with Gasteiger partial charge in [-0.15, -0.1) is 0 Å². The van der Waals surface area contributed by atoms with Gasteiger partial charge in [-0.1, -0.05) is 30.3 Å². The molecule has 126 valence electrons. The minimum atomic E-state index is 0.546. The van der Waals surface area contributed by atoms with Crippen molar-refractivity contribution in [1.82, 2.24) is 24.7 Å². The van der Waals surface area contributed by atoms with Gasteiger partial charge in [0.25, 0.3) is 0 Å². The van der Waals surface area contributed by atoms with Crippen molar-refractivity contribution in [3.05, 3.63) is 60.2 Å². The molecular formula is C19H19N5O. The van der Waals surface area contributed by atoms with Crippen molar-refractivity contribution >= 4 is 11.2 Å². The third kappa shape index (κ3) is 2.87. The van der Waals surface area contributed by atoms with Gasteiger partial charge >= 0.3 is 0 Å². The van der Waals surface area contributed by atoms with E-state index in [1.165, 1.54) is 5.56 Å². The number of hydrogen-bond donors (Lipinski definition) is 1. The number of imidazole rings is 1. The van der Waals surface area contributed by atoms with Gasteiger partial charge in [0, 0.05) is 25.2 Å². The highest BCUT2D eigenvalue weighted by atomic mass is 16.5. The lowest BCUT2D eigenvalue weighted by Gasteiger charge is -2.14. The second-order valence-electron chi connectivity index (χ2n) is 5.87. The van der Waals surface area contributed by atoms with E-state index in [9.17, 15) is 0 Å². The number of aromatic amines is 1. The SMILES string of the molecule is CCOc1nc2[nH]cnc2c(Cc2ccccc2)c1-c1cnn(C)c1. The van der Waals surface area contributed by atoms with Gasteiger partial charge in [-0.2, -0.15) is 10.1 Å². The molecule has 4 rings (SSSR count). The lowest BCUT2D eigenvalue weighted by atomic mass is 9.97. The van der Waals surface area contributed by atoms with Crippen LogP contribution in [0, 0.1) is 0 Å². The zero-order valence-corrected chi connectivity index (χ0v) is 14.2. The van der Waals surface area contributed by atoms with E-state index in [0.29, 0.717) is 12.5 Å². The van der Waals surface area contributed by atoms with Crippen LogP contribution in [-0.4, -0.2) is 31.3 Å². The Morgan fingerprint density at radius 1 is 1.20 bits per heavy atom. The van der Waals surface area contributed by atoms with Crippen LogP contribution in [0.1, 0.15) is 18.1 Å². The third-order valence-electron chi connectivity index (χ3n) is 4.13. The zero-order valence-electron chi connectivity index (χ0n) is 14.2. The number of hydrogen-bond acceptors (Lipinski definition) is 4. The summed E-state index contributed by atoms with van der Waals surface area (Å²) in [5.74, 6) is 0.609. The van der Waals surface area contributed by atoms with E-state index in [4.69, 9.17) is 4.74 Å². The van der Waals surface area contributed by atoms with Crippen molar-refractivity contribution in [2.75, 3.05) is 6.61 Å². The molecule has 0 aliphatic carbocycles. The Morgan fingerprint density at radius 2 is 2.04 bits per heavy atom. The first kappa shape index (κ1) is 15.4. The first-order chi connectivity index (χ1) is 12.3. The molecule has 6 heteroatoms. The minimum Gasteiger partial charge on any atom is -0.477 e. The molecule has 0 aliphatic heterocycles. The predicted octanol–water partition coefficient (Wildman–Crippen LogP) is 3.35. The lowest BCUT2D eigenvalue weighted by Crippen LogP contribution is -2.02. The zero-order chi connectivity index (χ0) is 17.2. The number of benzene rings is 1. The number of ether oxygens (including phenoxy) is 1. The molecule has 6 nitrogen and oxygen atoms in total. The summed E-state index contributed by atoms with van der Waals surface area (Å²) >= 11 is 0. The molecule has 0 saturated carbocycles. The van der Waals surface area contributed by atoms with E-state index in [2.05, 4.69) is 32.2 Å². The number of H-pyrrole nitrogens is 1. The van der Waals surface area contributed by atoms with Crippen molar-refractivity contribution in [3.8, 4) is 17.0 Å². The van der Waals surface area contributed by atoms with E-state index < -0.39 is 0 Å². The Labute approximate surface area is 145 Å². The smallest absolute Gasteiger partial charge is 0.223 e. The van der Waals surface area contributed by atoms with Crippen LogP contribution in [0.4, 0.5) is 0 Å². The Hall–Kier alpha value is -3.15. The van der Waals surface area contributed by atoms with Crippen LogP contribution in [0.2, 0.25) is 0 Å². The molecule has 3 heterocycles. The number of aromatic nitrogens is 5. The summed E-state index contributed by atoms with van der Waals surface area (Å²) < 4.78 is 7.64. The maximum Gasteiger partial charge on any atom is 0.223 e. The Bertz CT molecular complexity index is 1000. The van der Waals surface area contributed by atoms with E-state index in [0.717, 1.165) is 34.3 Å². The highest BCUT2D eigenvalue weighted by Crippen LogP contribution is 2.36. The number of rotatable bonds is 5. The highest BCUT2D eigenvalue weighted by molar-refractivity contribution is 5.87. The van der Waals surface area contributed by atoms with E-state index in [-0.39, 0.29) is 0 Å². The van der Waals surface area contributed by atoms with Crippen LogP contribution < -0.4 is 4.74 Å². The largest absolute Gasteiger partial charge is 0.477 e. The lowest BCUT2D eigenvalue weighted by molar-refractivity contribution is 0.329. The van der Waals surface area contributed by atoms with E-state index >= 15 is 0 Å².